The van der Waals surface area contributed by atoms with Crippen LogP contribution < -0.4 is 10.3 Å². The number of aromatic nitrogens is 2. The molecule has 4 nitrogen and oxygen atoms in total. The molecule has 0 aliphatic rings. The molecule has 2 rings (SSSR count). The van der Waals surface area contributed by atoms with Gasteiger partial charge in [-0.05, 0) is 54.9 Å². The van der Waals surface area contributed by atoms with Crippen LogP contribution in [0.25, 0.3) is 0 Å². The number of benzene rings is 1. The average molecular weight is 341 g/mol. The van der Waals surface area contributed by atoms with Crippen molar-refractivity contribution in [2.75, 3.05) is 0 Å². The second-order valence-electron chi connectivity index (χ2n) is 5.26. The highest BCUT2D eigenvalue weighted by molar-refractivity contribution is 9.10. The lowest BCUT2D eigenvalue weighted by Gasteiger charge is -2.22. The van der Waals surface area contributed by atoms with E-state index in [2.05, 4.69) is 20.9 Å². The Labute approximate surface area is 124 Å². The van der Waals surface area contributed by atoms with Gasteiger partial charge in [0, 0.05) is 17.9 Å². The highest BCUT2D eigenvalue weighted by atomic mass is 79.9. The number of halogens is 2. The number of ether oxygens (including phenoxy) is 1. The standard InChI is InChI=1S/C14H14BrFN2O2/c1-14(2,3)18-7-6-17-12(13(18)19)20-9-4-5-11(16)10(15)8-9/h4-8H,1-3H3. The van der Waals surface area contributed by atoms with E-state index in [1.807, 2.05) is 20.8 Å². The van der Waals surface area contributed by atoms with E-state index in [1.165, 1.54) is 29.0 Å². The van der Waals surface area contributed by atoms with E-state index in [1.54, 1.807) is 6.20 Å². The molecular weight excluding hydrogens is 327 g/mol. The van der Waals surface area contributed by atoms with E-state index in [4.69, 9.17) is 4.74 Å². The summed E-state index contributed by atoms with van der Waals surface area (Å²) in [4.78, 5) is 16.2. The van der Waals surface area contributed by atoms with Crippen LogP contribution in [-0.2, 0) is 5.54 Å². The number of rotatable bonds is 2. The van der Waals surface area contributed by atoms with Crippen molar-refractivity contribution in [3.8, 4) is 11.6 Å². The molecule has 0 bridgehead atoms. The molecule has 0 radical (unpaired) electrons. The van der Waals surface area contributed by atoms with Crippen LogP contribution in [0.3, 0.4) is 0 Å². The van der Waals surface area contributed by atoms with Gasteiger partial charge in [0.15, 0.2) is 0 Å². The molecule has 1 aromatic carbocycles. The van der Waals surface area contributed by atoms with E-state index >= 15 is 0 Å². The molecular formula is C14H14BrFN2O2. The molecule has 106 valence electrons. The van der Waals surface area contributed by atoms with Crippen molar-refractivity contribution >= 4 is 15.9 Å². The lowest BCUT2D eigenvalue weighted by atomic mass is 10.1. The first-order valence-electron chi connectivity index (χ1n) is 6.00. The fourth-order valence-electron chi connectivity index (χ4n) is 1.64. The third-order valence-corrected chi connectivity index (χ3v) is 3.25. The summed E-state index contributed by atoms with van der Waals surface area (Å²) in [6.07, 6.45) is 3.11. The Hall–Kier alpha value is -1.69. The van der Waals surface area contributed by atoms with Gasteiger partial charge in [0.05, 0.1) is 4.47 Å². The van der Waals surface area contributed by atoms with Crippen LogP contribution in [0.2, 0.25) is 0 Å². The average Bonchev–Trinajstić information content (AvgIpc) is 2.35. The molecule has 0 spiro atoms. The molecule has 2 aromatic rings. The summed E-state index contributed by atoms with van der Waals surface area (Å²) in [5.74, 6) is -0.0964. The summed E-state index contributed by atoms with van der Waals surface area (Å²) in [5.41, 5.74) is -0.706. The number of nitrogens with zero attached hydrogens (tertiary/aromatic N) is 2. The van der Waals surface area contributed by atoms with E-state index in [9.17, 15) is 9.18 Å². The van der Waals surface area contributed by atoms with Crippen molar-refractivity contribution in [3.63, 3.8) is 0 Å². The predicted molar refractivity (Wildman–Crippen MR) is 77.7 cm³/mol. The van der Waals surface area contributed by atoms with E-state index in [0.29, 0.717) is 5.75 Å². The maximum absolute atomic E-state index is 13.2. The molecule has 0 atom stereocenters. The highest BCUT2D eigenvalue weighted by Gasteiger charge is 2.17. The summed E-state index contributed by atoms with van der Waals surface area (Å²) in [5, 5.41) is 0. The molecule has 0 saturated heterocycles. The Bertz CT molecular complexity index is 692. The molecule has 1 heterocycles. The van der Waals surface area contributed by atoms with Crippen LogP contribution in [0.4, 0.5) is 4.39 Å². The van der Waals surface area contributed by atoms with Crippen LogP contribution in [0.1, 0.15) is 20.8 Å². The monoisotopic (exact) mass is 340 g/mol. The largest absolute Gasteiger partial charge is 0.435 e. The van der Waals surface area contributed by atoms with Gasteiger partial charge in [-0.1, -0.05) is 0 Å². The normalized spacial score (nSPS) is 11.4. The number of hydrogen-bond donors (Lipinski definition) is 0. The summed E-state index contributed by atoms with van der Waals surface area (Å²) >= 11 is 3.07. The van der Waals surface area contributed by atoms with E-state index in [-0.39, 0.29) is 21.5 Å². The van der Waals surface area contributed by atoms with Gasteiger partial charge >= 0.3 is 5.56 Å². The summed E-state index contributed by atoms with van der Waals surface area (Å²) in [6, 6.07) is 4.14. The third-order valence-electron chi connectivity index (χ3n) is 2.64. The quantitative estimate of drug-likeness (QED) is 0.837. The zero-order valence-electron chi connectivity index (χ0n) is 11.4. The first-order chi connectivity index (χ1) is 9.29. The topological polar surface area (TPSA) is 44.1 Å². The van der Waals surface area contributed by atoms with Gasteiger partial charge in [0.25, 0.3) is 5.88 Å². The Morgan fingerprint density at radius 2 is 2.05 bits per heavy atom. The molecule has 0 aliphatic heterocycles. The molecule has 0 unspecified atom stereocenters. The van der Waals surface area contributed by atoms with Crippen molar-refractivity contribution in [1.82, 2.24) is 9.55 Å². The molecule has 1 aromatic heterocycles. The van der Waals surface area contributed by atoms with E-state index < -0.39 is 5.82 Å². The van der Waals surface area contributed by atoms with Gasteiger partial charge in [-0.25, -0.2) is 9.37 Å². The minimum Gasteiger partial charge on any atom is -0.435 e. The zero-order chi connectivity index (χ0) is 14.9. The van der Waals surface area contributed by atoms with Crippen LogP contribution in [-0.4, -0.2) is 9.55 Å². The van der Waals surface area contributed by atoms with Crippen molar-refractivity contribution in [1.29, 1.82) is 0 Å². The Balaban J connectivity index is 2.40. The number of hydrogen-bond acceptors (Lipinski definition) is 3. The predicted octanol–water partition coefficient (Wildman–Crippen LogP) is 3.69. The van der Waals surface area contributed by atoms with Crippen LogP contribution in [0.15, 0.2) is 39.9 Å². The van der Waals surface area contributed by atoms with Gasteiger partial charge in [0.2, 0.25) is 0 Å². The highest BCUT2D eigenvalue weighted by Crippen LogP contribution is 2.24. The van der Waals surface area contributed by atoms with Gasteiger partial charge in [0.1, 0.15) is 11.6 Å². The Morgan fingerprint density at radius 3 is 2.65 bits per heavy atom. The van der Waals surface area contributed by atoms with Gasteiger partial charge in [-0.3, -0.25) is 4.79 Å². The van der Waals surface area contributed by atoms with Crippen LogP contribution in [0, 0.1) is 5.82 Å². The first-order valence-corrected chi connectivity index (χ1v) is 6.79. The molecule has 20 heavy (non-hydrogen) atoms. The zero-order valence-corrected chi connectivity index (χ0v) is 12.9. The first kappa shape index (κ1) is 14.7. The fourth-order valence-corrected chi connectivity index (χ4v) is 2.00. The molecule has 0 amide bonds. The van der Waals surface area contributed by atoms with Crippen molar-refractivity contribution in [2.45, 2.75) is 26.3 Å². The molecule has 6 heteroatoms. The van der Waals surface area contributed by atoms with Crippen molar-refractivity contribution in [2.24, 2.45) is 0 Å². The molecule has 0 N–H and O–H groups in total. The van der Waals surface area contributed by atoms with Crippen LogP contribution >= 0.6 is 15.9 Å². The van der Waals surface area contributed by atoms with Gasteiger partial charge < -0.3 is 9.30 Å². The maximum atomic E-state index is 13.2. The second-order valence-corrected chi connectivity index (χ2v) is 6.11. The molecule has 0 aliphatic carbocycles. The van der Waals surface area contributed by atoms with E-state index in [0.717, 1.165) is 0 Å². The van der Waals surface area contributed by atoms with Crippen molar-refractivity contribution in [3.05, 3.63) is 51.2 Å². The lowest BCUT2D eigenvalue weighted by molar-refractivity contribution is 0.363. The summed E-state index contributed by atoms with van der Waals surface area (Å²) in [7, 11) is 0. The van der Waals surface area contributed by atoms with Gasteiger partial charge in [-0.15, -0.1) is 0 Å². The summed E-state index contributed by atoms with van der Waals surface area (Å²) in [6.45, 7) is 5.73. The fraction of sp³-hybridized carbons (Fsp3) is 0.286. The maximum Gasteiger partial charge on any atom is 0.314 e. The SMILES string of the molecule is CC(C)(C)n1ccnc(Oc2ccc(F)c(Br)c2)c1=O. The Morgan fingerprint density at radius 1 is 1.35 bits per heavy atom. The molecule has 0 fully saturated rings. The second kappa shape index (κ2) is 5.36. The van der Waals surface area contributed by atoms with Crippen LogP contribution in [0.5, 0.6) is 11.6 Å². The van der Waals surface area contributed by atoms with Crippen molar-refractivity contribution < 1.29 is 9.13 Å². The lowest BCUT2D eigenvalue weighted by Crippen LogP contribution is -2.34. The Kier molecular flexibility index (Phi) is 3.94. The molecule has 0 saturated carbocycles. The minimum atomic E-state index is -0.398. The summed E-state index contributed by atoms with van der Waals surface area (Å²) < 4.78 is 20.4. The van der Waals surface area contributed by atoms with Gasteiger partial charge in [-0.2, -0.15) is 0 Å². The third kappa shape index (κ3) is 3.07. The smallest absolute Gasteiger partial charge is 0.314 e. The minimum absolute atomic E-state index is 0.0408.